The van der Waals surface area contributed by atoms with Gasteiger partial charge in [-0.3, -0.25) is 4.79 Å². The summed E-state index contributed by atoms with van der Waals surface area (Å²) in [5.74, 6) is 0.163. The largest absolute Gasteiger partial charge is 0.375 e. The highest BCUT2D eigenvalue weighted by atomic mass is 32.2. The lowest BCUT2D eigenvalue weighted by Crippen LogP contribution is -2.45. The Balaban J connectivity index is 1.79. The van der Waals surface area contributed by atoms with Crippen molar-refractivity contribution in [1.29, 1.82) is 0 Å². The molecule has 1 aromatic rings. The van der Waals surface area contributed by atoms with Crippen LogP contribution in [0.4, 0.5) is 5.69 Å². The molecule has 0 aromatic heterocycles. The van der Waals surface area contributed by atoms with Crippen LogP contribution in [0.1, 0.15) is 43.0 Å². The van der Waals surface area contributed by atoms with Crippen LogP contribution in [0.5, 0.6) is 0 Å². The molecule has 7 heteroatoms. The van der Waals surface area contributed by atoms with Gasteiger partial charge < -0.3 is 15.1 Å². The van der Waals surface area contributed by atoms with E-state index >= 15 is 0 Å². The molecule has 0 unspecified atom stereocenters. The van der Waals surface area contributed by atoms with E-state index in [0.29, 0.717) is 12.1 Å². The predicted molar refractivity (Wildman–Crippen MR) is 111 cm³/mol. The first kappa shape index (κ1) is 21.7. The summed E-state index contributed by atoms with van der Waals surface area (Å²) in [6.45, 7) is 5.41. The van der Waals surface area contributed by atoms with Crippen LogP contribution in [0.2, 0.25) is 0 Å². The summed E-state index contributed by atoms with van der Waals surface area (Å²) >= 11 is 0. The van der Waals surface area contributed by atoms with Crippen LogP contribution in [0.25, 0.3) is 0 Å². The highest BCUT2D eigenvalue weighted by molar-refractivity contribution is 7.90. The van der Waals surface area contributed by atoms with Crippen LogP contribution in [-0.2, 0) is 9.84 Å². The normalized spacial score (nSPS) is 16.3. The zero-order valence-corrected chi connectivity index (χ0v) is 17.6. The molecule has 1 fully saturated rings. The number of sulfone groups is 1. The Hall–Kier alpha value is -1.60. The number of nitrogens with one attached hydrogen (secondary N) is 1. The number of nitrogens with zero attached hydrogens (tertiary/aromatic N) is 2. The molecule has 1 aromatic carbocycles. The fraction of sp³-hybridized carbons (Fsp3) is 0.650. The number of hydrogen-bond donors (Lipinski definition) is 1. The molecule has 0 bridgehead atoms. The molecule has 2 rings (SSSR count). The monoisotopic (exact) mass is 395 g/mol. The Morgan fingerprint density at radius 2 is 1.85 bits per heavy atom. The number of hydrogen-bond acceptors (Lipinski definition) is 5. The van der Waals surface area contributed by atoms with E-state index in [-0.39, 0.29) is 17.7 Å². The van der Waals surface area contributed by atoms with E-state index < -0.39 is 9.84 Å². The van der Waals surface area contributed by atoms with Gasteiger partial charge in [0.25, 0.3) is 5.91 Å². The van der Waals surface area contributed by atoms with E-state index in [2.05, 4.69) is 29.1 Å². The van der Waals surface area contributed by atoms with Crippen LogP contribution < -0.4 is 10.2 Å². The summed E-state index contributed by atoms with van der Waals surface area (Å²) in [7, 11) is -0.850. The Morgan fingerprint density at radius 3 is 2.41 bits per heavy atom. The summed E-state index contributed by atoms with van der Waals surface area (Å²) in [6, 6.07) is 7.92. The van der Waals surface area contributed by atoms with Gasteiger partial charge in [-0.25, -0.2) is 8.42 Å². The summed E-state index contributed by atoms with van der Waals surface area (Å²) in [4.78, 5) is 16.9. The molecule has 1 amide bonds. The van der Waals surface area contributed by atoms with Crippen LogP contribution in [0.3, 0.4) is 0 Å². The smallest absolute Gasteiger partial charge is 0.251 e. The van der Waals surface area contributed by atoms with Crippen molar-refractivity contribution in [1.82, 2.24) is 10.2 Å². The number of anilines is 1. The van der Waals surface area contributed by atoms with Crippen LogP contribution in [0.15, 0.2) is 24.3 Å². The molecule has 1 aliphatic heterocycles. The first-order chi connectivity index (χ1) is 12.8. The van der Waals surface area contributed by atoms with Crippen LogP contribution in [0, 0.1) is 0 Å². The van der Waals surface area contributed by atoms with E-state index in [1.54, 1.807) is 0 Å². The zero-order valence-electron chi connectivity index (χ0n) is 16.8. The minimum Gasteiger partial charge on any atom is -0.375 e. The van der Waals surface area contributed by atoms with Crippen LogP contribution in [-0.4, -0.2) is 70.5 Å². The number of carbonyl (C=O) groups excluding carboxylic acids is 1. The minimum atomic E-state index is -2.92. The van der Waals surface area contributed by atoms with Gasteiger partial charge in [0, 0.05) is 56.8 Å². The van der Waals surface area contributed by atoms with Gasteiger partial charge in [0.2, 0.25) is 0 Å². The molecule has 0 atom stereocenters. The van der Waals surface area contributed by atoms with Gasteiger partial charge in [-0.1, -0.05) is 13.3 Å². The maximum absolute atomic E-state index is 12.5. The third kappa shape index (κ3) is 7.50. The number of rotatable bonds is 9. The fourth-order valence-electron chi connectivity index (χ4n) is 3.26. The topological polar surface area (TPSA) is 69.7 Å². The molecule has 1 saturated heterocycles. The van der Waals surface area contributed by atoms with E-state index in [4.69, 9.17) is 0 Å². The first-order valence-corrected chi connectivity index (χ1v) is 11.9. The average Bonchev–Trinajstić information content (AvgIpc) is 2.65. The lowest BCUT2D eigenvalue weighted by atomic mass is 10.0. The summed E-state index contributed by atoms with van der Waals surface area (Å²) in [5.41, 5.74) is 1.81. The van der Waals surface area contributed by atoms with Gasteiger partial charge in [0.05, 0.1) is 5.75 Å². The van der Waals surface area contributed by atoms with Crippen molar-refractivity contribution >= 4 is 21.4 Å². The SMILES string of the molecule is CCCCN(C)c1ccc(C(=O)NC2CCN(CCS(C)(=O)=O)CC2)cc1. The number of carbonyl (C=O) groups is 1. The van der Waals surface area contributed by atoms with Gasteiger partial charge in [-0.2, -0.15) is 0 Å². The van der Waals surface area contributed by atoms with Crippen molar-refractivity contribution in [2.75, 3.05) is 50.1 Å². The quantitative estimate of drug-likeness (QED) is 0.694. The number of benzene rings is 1. The van der Waals surface area contributed by atoms with E-state index in [9.17, 15) is 13.2 Å². The number of unbranched alkanes of at least 4 members (excludes halogenated alkanes) is 1. The van der Waals surface area contributed by atoms with Crippen molar-refractivity contribution in [3.63, 3.8) is 0 Å². The molecule has 1 N–H and O–H groups in total. The van der Waals surface area contributed by atoms with Gasteiger partial charge in [0.15, 0.2) is 0 Å². The number of amides is 1. The molecule has 27 heavy (non-hydrogen) atoms. The predicted octanol–water partition coefficient (Wildman–Crippen LogP) is 2.16. The van der Waals surface area contributed by atoms with Crippen LogP contribution >= 0.6 is 0 Å². The van der Waals surface area contributed by atoms with Crippen molar-refractivity contribution < 1.29 is 13.2 Å². The lowest BCUT2D eigenvalue weighted by Gasteiger charge is -2.32. The molecular formula is C20H33N3O3S. The van der Waals surface area contributed by atoms with Crippen molar-refractivity contribution in [3.8, 4) is 0 Å². The van der Waals surface area contributed by atoms with E-state index in [1.165, 1.54) is 6.26 Å². The highest BCUT2D eigenvalue weighted by Gasteiger charge is 2.21. The van der Waals surface area contributed by atoms with Gasteiger partial charge in [0.1, 0.15) is 9.84 Å². The molecule has 152 valence electrons. The second-order valence-corrected chi connectivity index (χ2v) is 9.80. The lowest BCUT2D eigenvalue weighted by molar-refractivity contribution is 0.0913. The molecule has 1 heterocycles. The number of likely N-dealkylation sites (tertiary alicyclic amines) is 1. The second kappa shape index (κ2) is 10.1. The Labute approximate surface area is 163 Å². The maximum Gasteiger partial charge on any atom is 0.251 e. The Morgan fingerprint density at radius 1 is 1.22 bits per heavy atom. The van der Waals surface area contributed by atoms with Gasteiger partial charge >= 0.3 is 0 Å². The first-order valence-electron chi connectivity index (χ1n) is 9.80. The molecule has 0 spiro atoms. The van der Waals surface area contributed by atoms with E-state index in [1.807, 2.05) is 24.3 Å². The van der Waals surface area contributed by atoms with Crippen molar-refractivity contribution in [3.05, 3.63) is 29.8 Å². The Kier molecular flexibility index (Phi) is 8.10. The highest BCUT2D eigenvalue weighted by Crippen LogP contribution is 2.16. The third-order valence-electron chi connectivity index (χ3n) is 5.12. The zero-order chi connectivity index (χ0) is 19.9. The summed E-state index contributed by atoms with van der Waals surface area (Å²) < 4.78 is 22.5. The third-order valence-corrected chi connectivity index (χ3v) is 6.04. The average molecular weight is 396 g/mol. The Bertz CT molecular complexity index is 696. The molecule has 0 aliphatic carbocycles. The molecule has 0 saturated carbocycles. The second-order valence-electron chi connectivity index (χ2n) is 7.54. The summed E-state index contributed by atoms with van der Waals surface area (Å²) in [5, 5.41) is 3.11. The number of piperidine rings is 1. The van der Waals surface area contributed by atoms with E-state index in [0.717, 1.165) is 51.0 Å². The van der Waals surface area contributed by atoms with Gasteiger partial charge in [-0.15, -0.1) is 0 Å². The molecule has 6 nitrogen and oxygen atoms in total. The molecule has 0 radical (unpaired) electrons. The standard InChI is InChI=1S/C20H33N3O3S/c1-4-5-12-22(2)19-8-6-17(7-9-19)20(24)21-18-10-13-23(14-11-18)15-16-27(3,25)26/h6-9,18H,4-5,10-16H2,1-3H3,(H,21,24). The fourth-order valence-corrected chi connectivity index (χ4v) is 3.85. The van der Waals surface area contributed by atoms with Crippen molar-refractivity contribution in [2.45, 2.75) is 38.6 Å². The molecular weight excluding hydrogens is 362 g/mol. The van der Waals surface area contributed by atoms with Gasteiger partial charge in [-0.05, 0) is 43.5 Å². The minimum absolute atomic E-state index is 0.0349. The maximum atomic E-state index is 12.5. The summed E-state index contributed by atoms with van der Waals surface area (Å²) in [6.07, 6.45) is 5.30. The molecule has 1 aliphatic rings. The van der Waals surface area contributed by atoms with Crippen molar-refractivity contribution in [2.24, 2.45) is 0 Å².